The molecule has 1 rings (SSSR count). The summed E-state index contributed by atoms with van der Waals surface area (Å²) in [5.74, 6) is 0.845. The van der Waals surface area contributed by atoms with E-state index in [1.165, 1.54) is 25.7 Å². The molecule has 1 fully saturated rings. The minimum Gasteiger partial charge on any atom is -0.301 e. The number of rotatable bonds is 0. The SMILES string of the molecule is CC1CC(C)(C)CC(C)N(C)C(C)CC(C)(C)C1. The van der Waals surface area contributed by atoms with Gasteiger partial charge in [-0.3, -0.25) is 0 Å². The molecule has 1 heterocycles. The fourth-order valence-electron chi connectivity index (χ4n) is 4.45. The van der Waals surface area contributed by atoms with Gasteiger partial charge in [-0.2, -0.15) is 0 Å². The van der Waals surface area contributed by atoms with Crippen LogP contribution in [0.15, 0.2) is 0 Å². The molecular weight excluding hydrogens is 218 g/mol. The van der Waals surface area contributed by atoms with Crippen molar-refractivity contribution in [3.63, 3.8) is 0 Å². The fraction of sp³-hybridized carbons (Fsp3) is 1.00. The van der Waals surface area contributed by atoms with Gasteiger partial charge < -0.3 is 4.90 Å². The Labute approximate surface area is 115 Å². The first-order valence-electron chi connectivity index (χ1n) is 7.74. The normalized spacial score (nSPS) is 38.3. The molecular formula is C17H35N. The Kier molecular flexibility index (Phi) is 4.92. The van der Waals surface area contributed by atoms with Gasteiger partial charge in [0, 0.05) is 12.1 Å². The lowest BCUT2D eigenvalue weighted by Gasteiger charge is -2.43. The number of nitrogens with zero attached hydrogens (tertiary/aromatic N) is 1. The van der Waals surface area contributed by atoms with E-state index in [1.807, 2.05) is 0 Å². The number of hydrogen-bond acceptors (Lipinski definition) is 1. The van der Waals surface area contributed by atoms with Crippen LogP contribution in [0.4, 0.5) is 0 Å². The van der Waals surface area contributed by atoms with Crippen LogP contribution in [0.5, 0.6) is 0 Å². The van der Waals surface area contributed by atoms with Gasteiger partial charge >= 0.3 is 0 Å². The van der Waals surface area contributed by atoms with Crippen LogP contribution in [0.25, 0.3) is 0 Å². The van der Waals surface area contributed by atoms with Crippen LogP contribution < -0.4 is 0 Å². The van der Waals surface area contributed by atoms with Crippen molar-refractivity contribution in [1.82, 2.24) is 4.90 Å². The molecule has 0 amide bonds. The topological polar surface area (TPSA) is 3.24 Å². The summed E-state index contributed by atoms with van der Waals surface area (Å²) in [7, 11) is 2.31. The van der Waals surface area contributed by atoms with E-state index in [4.69, 9.17) is 0 Å². The third kappa shape index (κ3) is 4.57. The molecule has 0 bridgehead atoms. The molecule has 1 heteroatoms. The lowest BCUT2D eigenvalue weighted by atomic mass is 9.70. The van der Waals surface area contributed by atoms with Crippen molar-refractivity contribution in [2.45, 2.75) is 86.2 Å². The molecule has 1 saturated heterocycles. The maximum atomic E-state index is 2.60. The van der Waals surface area contributed by atoms with Gasteiger partial charge in [0.05, 0.1) is 0 Å². The first-order valence-corrected chi connectivity index (χ1v) is 7.74. The third-order valence-corrected chi connectivity index (χ3v) is 4.89. The van der Waals surface area contributed by atoms with Crippen LogP contribution >= 0.6 is 0 Å². The van der Waals surface area contributed by atoms with Gasteiger partial charge in [-0.1, -0.05) is 34.6 Å². The van der Waals surface area contributed by atoms with Crippen molar-refractivity contribution in [1.29, 1.82) is 0 Å². The van der Waals surface area contributed by atoms with Gasteiger partial charge in [0.2, 0.25) is 0 Å². The quantitative estimate of drug-likeness (QED) is 0.590. The van der Waals surface area contributed by atoms with Gasteiger partial charge in [-0.25, -0.2) is 0 Å². The van der Waals surface area contributed by atoms with Crippen LogP contribution in [0.2, 0.25) is 0 Å². The molecule has 0 aromatic carbocycles. The standard InChI is InChI=1S/C17H35N/c1-13-9-16(4,5)11-14(2)18(8)15(3)12-17(6,7)10-13/h13-15H,9-12H2,1-8H3. The van der Waals surface area contributed by atoms with Crippen LogP contribution in [-0.2, 0) is 0 Å². The summed E-state index contributed by atoms with van der Waals surface area (Å²) in [5, 5.41) is 0. The van der Waals surface area contributed by atoms with E-state index in [2.05, 4.69) is 60.4 Å². The highest BCUT2D eigenvalue weighted by Gasteiger charge is 2.33. The van der Waals surface area contributed by atoms with Crippen molar-refractivity contribution in [3.05, 3.63) is 0 Å². The van der Waals surface area contributed by atoms with E-state index in [0.717, 1.165) is 5.92 Å². The van der Waals surface area contributed by atoms with Crippen molar-refractivity contribution < 1.29 is 0 Å². The highest BCUT2D eigenvalue weighted by molar-refractivity contribution is 4.86. The summed E-state index contributed by atoms with van der Waals surface area (Å²) in [6, 6.07) is 1.38. The largest absolute Gasteiger partial charge is 0.301 e. The van der Waals surface area contributed by atoms with Crippen molar-refractivity contribution >= 4 is 0 Å². The molecule has 0 N–H and O–H groups in total. The minimum atomic E-state index is 0.472. The summed E-state index contributed by atoms with van der Waals surface area (Å²) in [6.45, 7) is 17.1. The highest BCUT2D eigenvalue weighted by Crippen LogP contribution is 2.40. The van der Waals surface area contributed by atoms with E-state index in [9.17, 15) is 0 Å². The van der Waals surface area contributed by atoms with E-state index in [0.29, 0.717) is 22.9 Å². The predicted molar refractivity (Wildman–Crippen MR) is 81.9 cm³/mol. The zero-order valence-electron chi connectivity index (χ0n) is 14.0. The molecule has 1 aliphatic heterocycles. The molecule has 0 radical (unpaired) electrons. The predicted octanol–water partition coefficient (Wildman–Crippen LogP) is 4.96. The molecule has 1 nitrogen and oxygen atoms in total. The Hall–Kier alpha value is -0.0400. The Morgan fingerprint density at radius 1 is 0.722 bits per heavy atom. The van der Waals surface area contributed by atoms with Crippen LogP contribution in [-0.4, -0.2) is 24.0 Å². The summed E-state index contributed by atoms with van der Waals surface area (Å²) in [4.78, 5) is 2.60. The highest BCUT2D eigenvalue weighted by atomic mass is 15.1. The monoisotopic (exact) mass is 253 g/mol. The second-order valence-electron chi connectivity index (χ2n) is 8.61. The van der Waals surface area contributed by atoms with Crippen LogP contribution in [0, 0.1) is 16.7 Å². The minimum absolute atomic E-state index is 0.472. The molecule has 1 aliphatic rings. The van der Waals surface area contributed by atoms with Gasteiger partial charge in [-0.15, -0.1) is 0 Å². The van der Waals surface area contributed by atoms with Crippen LogP contribution in [0.1, 0.15) is 74.1 Å². The molecule has 0 saturated carbocycles. The van der Waals surface area contributed by atoms with Crippen molar-refractivity contribution in [3.8, 4) is 0 Å². The third-order valence-electron chi connectivity index (χ3n) is 4.89. The van der Waals surface area contributed by atoms with Gasteiger partial charge in [0.25, 0.3) is 0 Å². The zero-order chi connectivity index (χ0) is 14.1. The lowest BCUT2D eigenvalue weighted by Crippen LogP contribution is -2.43. The Morgan fingerprint density at radius 3 is 1.39 bits per heavy atom. The zero-order valence-corrected chi connectivity index (χ0v) is 14.0. The molecule has 0 aliphatic carbocycles. The Bertz CT molecular complexity index is 241. The maximum absolute atomic E-state index is 2.60. The average molecular weight is 253 g/mol. The second-order valence-corrected chi connectivity index (χ2v) is 8.61. The van der Waals surface area contributed by atoms with Crippen molar-refractivity contribution in [2.24, 2.45) is 16.7 Å². The fourth-order valence-corrected chi connectivity index (χ4v) is 4.45. The molecule has 108 valence electrons. The summed E-state index contributed by atoms with van der Waals surface area (Å²) in [5.41, 5.74) is 0.945. The summed E-state index contributed by atoms with van der Waals surface area (Å²) in [6.07, 6.45) is 5.36. The Balaban J connectivity index is 2.90. The second kappa shape index (κ2) is 5.53. The first-order chi connectivity index (χ1) is 8.02. The summed E-state index contributed by atoms with van der Waals surface area (Å²) < 4.78 is 0. The van der Waals surface area contributed by atoms with E-state index in [-0.39, 0.29) is 0 Å². The van der Waals surface area contributed by atoms with Crippen molar-refractivity contribution in [2.75, 3.05) is 7.05 Å². The lowest BCUT2D eigenvalue weighted by molar-refractivity contribution is 0.0726. The first kappa shape index (κ1) is 16.0. The molecule has 0 spiro atoms. The Morgan fingerprint density at radius 2 is 1.06 bits per heavy atom. The van der Waals surface area contributed by atoms with Crippen LogP contribution in [0.3, 0.4) is 0 Å². The van der Waals surface area contributed by atoms with Gasteiger partial charge in [0.15, 0.2) is 0 Å². The molecule has 2 atom stereocenters. The van der Waals surface area contributed by atoms with E-state index >= 15 is 0 Å². The summed E-state index contributed by atoms with van der Waals surface area (Å²) >= 11 is 0. The smallest absolute Gasteiger partial charge is 0.00717 e. The van der Waals surface area contributed by atoms with E-state index in [1.54, 1.807) is 0 Å². The van der Waals surface area contributed by atoms with E-state index < -0.39 is 0 Å². The molecule has 2 unspecified atom stereocenters. The molecule has 0 aromatic heterocycles. The average Bonchev–Trinajstić information content (AvgIpc) is 2.10. The maximum Gasteiger partial charge on any atom is 0.00717 e. The van der Waals surface area contributed by atoms with Gasteiger partial charge in [0.1, 0.15) is 0 Å². The molecule has 18 heavy (non-hydrogen) atoms. The number of hydrogen-bond donors (Lipinski definition) is 0. The molecule has 0 aromatic rings. The van der Waals surface area contributed by atoms with Gasteiger partial charge in [-0.05, 0) is 63.3 Å².